The Labute approximate surface area is 209 Å². The van der Waals surface area contributed by atoms with E-state index in [-0.39, 0.29) is 24.8 Å². The lowest BCUT2D eigenvalue weighted by Crippen LogP contribution is -2.45. The summed E-state index contributed by atoms with van der Waals surface area (Å²) in [5.74, 6) is 3.02. The van der Waals surface area contributed by atoms with Crippen LogP contribution >= 0.6 is 24.8 Å². The highest BCUT2D eigenvalue weighted by atomic mass is 35.5. The van der Waals surface area contributed by atoms with Crippen LogP contribution in [0.25, 0.3) is 0 Å². The average Bonchev–Trinajstić information content (AvgIpc) is 2.83. The number of allylic oxidation sites excluding steroid dienone is 1. The zero-order valence-corrected chi connectivity index (χ0v) is 20.3. The summed E-state index contributed by atoms with van der Waals surface area (Å²) in [5.41, 5.74) is 1.25. The molecule has 1 aliphatic heterocycles. The van der Waals surface area contributed by atoms with Crippen LogP contribution in [-0.4, -0.2) is 31.1 Å². The molecule has 1 aliphatic rings. The summed E-state index contributed by atoms with van der Waals surface area (Å²) >= 11 is 0. The molecule has 1 atom stereocenters. The molecule has 4 nitrogen and oxygen atoms in total. The molecule has 1 N–H and O–H groups in total. The maximum absolute atomic E-state index is 6.29. The zero-order chi connectivity index (χ0) is 21.3. The summed E-state index contributed by atoms with van der Waals surface area (Å²) in [4.78, 5) is 2.55. The Bertz CT molecular complexity index is 964. The highest BCUT2D eigenvalue weighted by Crippen LogP contribution is 2.38. The second-order valence-corrected chi connectivity index (χ2v) is 7.70. The highest BCUT2D eigenvalue weighted by Gasteiger charge is 2.23. The molecular formula is C27H32Cl2N2O2. The Kier molecular flexibility index (Phi) is 11.3. The molecule has 0 radical (unpaired) electrons. The van der Waals surface area contributed by atoms with E-state index in [1.165, 1.54) is 5.56 Å². The molecule has 0 amide bonds. The van der Waals surface area contributed by atoms with E-state index < -0.39 is 0 Å². The summed E-state index contributed by atoms with van der Waals surface area (Å²) in [7, 11) is 0. The number of piperazine rings is 1. The van der Waals surface area contributed by atoms with Gasteiger partial charge in [0.15, 0.2) is 11.5 Å². The van der Waals surface area contributed by atoms with E-state index in [0.29, 0.717) is 11.8 Å². The van der Waals surface area contributed by atoms with Crippen molar-refractivity contribution in [3.05, 3.63) is 97.1 Å². The first-order valence-corrected chi connectivity index (χ1v) is 11.0. The number of para-hydroxylation sites is 2. The molecule has 3 aromatic rings. The minimum absolute atomic E-state index is 0. The van der Waals surface area contributed by atoms with Crippen molar-refractivity contribution in [3.8, 4) is 23.0 Å². The minimum atomic E-state index is 0. The molecule has 1 fully saturated rings. The predicted octanol–water partition coefficient (Wildman–Crippen LogP) is 7.03. The van der Waals surface area contributed by atoms with Crippen LogP contribution in [0.2, 0.25) is 0 Å². The maximum atomic E-state index is 6.29. The van der Waals surface area contributed by atoms with Gasteiger partial charge in [-0.25, -0.2) is 0 Å². The molecule has 1 heterocycles. The third-order valence-electron chi connectivity index (χ3n) is 5.53. The van der Waals surface area contributed by atoms with Gasteiger partial charge in [-0.3, -0.25) is 4.90 Å². The summed E-state index contributed by atoms with van der Waals surface area (Å²) in [6.07, 6.45) is 4.02. The van der Waals surface area contributed by atoms with Gasteiger partial charge >= 0.3 is 0 Å². The number of halogens is 2. The standard InChI is InChI=1S/C27H30N2O2.2ClH/c1-2-3-14-25(29-19-17-28-18-20-29)22-15-16-26(30-23-10-6-4-7-11-23)27(21-22)31-24-12-8-5-9-13-24;;/h2,4-13,15-16,21,25,28H,1,3,14,17-20H2;2*1H/t25-;;/m1../s1. The van der Waals surface area contributed by atoms with Gasteiger partial charge < -0.3 is 14.8 Å². The molecule has 0 unspecified atom stereocenters. The largest absolute Gasteiger partial charge is 0.453 e. The Balaban J connectivity index is 0.00000193. The van der Waals surface area contributed by atoms with E-state index in [9.17, 15) is 0 Å². The lowest BCUT2D eigenvalue weighted by molar-refractivity contribution is 0.166. The quantitative estimate of drug-likeness (QED) is 0.329. The van der Waals surface area contributed by atoms with Gasteiger partial charge in [-0.2, -0.15) is 0 Å². The molecule has 0 aromatic heterocycles. The Morgan fingerprint density at radius 1 is 0.818 bits per heavy atom. The van der Waals surface area contributed by atoms with Gasteiger partial charge in [-0.05, 0) is 54.8 Å². The first-order chi connectivity index (χ1) is 15.3. The maximum Gasteiger partial charge on any atom is 0.170 e. The monoisotopic (exact) mass is 486 g/mol. The van der Waals surface area contributed by atoms with Crippen molar-refractivity contribution < 1.29 is 9.47 Å². The number of hydrogen-bond acceptors (Lipinski definition) is 4. The van der Waals surface area contributed by atoms with E-state index in [1.54, 1.807) is 0 Å². The number of nitrogens with zero attached hydrogens (tertiary/aromatic N) is 1. The summed E-state index contributed by atoms with van der Waals surface area (Å²) in [5, 5.41) is 3.45. The van der Waals surface area contributed by atoms with Crippen LogP contribution < -0.4 is 14.8 Å². The van der Waals surface area contributed by atoms with Crippen LogP contribution in [-0.2, 0) is 0 Å². The number of ether oxygens (including phenoxy) is 2. The normalized spacial score (nSPS) is 14.3. The average molecular weight is 487 g/mol. The van der Waals surface area contributed by atoms with Gasteiger partial charge in [0.05, 0.1) is 0 Å². The van der Waals surface area contributed by atoms with Crippen molar-refractivity contribution in [1.82, 2.24) is 10.2 Å². The minimum Gasteiger partial charge on any atom is -0.453 e. The number of rotatable bonds is 9. The van der Waals surface area contributed by atoms with Gasteiger partial charge in [-0.15, -0.1) is 31.4 Å². The fraction of sp³-hybridized carbons (Fsp3) is 0.259. The Morgan fingerprint density at radius 2 is 1.39 bits per heavy atom. The van der Waals surface area contributed by atoms with Crippen LogP contribution in [0.15, 0.2) is 91.5 Å². The zero-order valence-electron chi connectivity index (χ0n) is 18.7. The number of benzene rings is 3. The van der Waals surface area contributed by atoms with Crippen LogP contribution in [0, 0.1) is 0 Å². The third-order valence-corrected chi connectivity index (χ3v) is 5.53. The fourth-order valence-electron chi connectivity index (χ4n) is 3.96. The van der Waals surface area contributed by atoms with Gasteiger partial charge in [0.25, 0.3) is 0 Å². The molecule has 6 heteroatoms. The third kappa shape index (κ3) is 7.51. The number of hydrogen-bond donors (Lipinski definition) is 1. The lowest BCUT2D eigenvalue weighted by atomic mass is 9.99. The van der Waals surface area contributed by atoms with Crippen LogP contribution in [0.1, 0.15) is 24.4 Å². The fourth-order valence-corrected chi connectivity index (χ4v) is 3.96. The number of nitrogens with one attached hydrogen (secondary N) is 1. The molecule has 0 saturated carbocycles. The second-order valence-electron chi connectivity index (χ2n) is 7.70. The van der Waals surface area contributed by atoms with Crippen molar-refractivity contribution in [2.24, 2.45) is 0 Å². The van der Waals surface area contributed by atoms with E-state index in [4.69, 9.17) is 9.47 Å². The summed E-state index contributed by atoms with van der Waals surface area (Å²) in [6.45, 7) is 8.05. The molecule has 0 aliphatic carbocycles. The molecule has 0 bridgehead atoms. The van der Waals surface area contributed by atoms with Gasteiger partial charge in [0, 0.05) is 32.2 Å². The van der Waals surface area contributed by atoms with Gasteiger partial charge in [0.2, 0.25) is 0 Å². The first-order valence-electron chi connectivity index (χ1n) is 11.0. The Morgan fingerprint density at radius 3 is 1.97 bits per heavy atom. The predicted molar refractivity (Wildman–Crippen MR) is 141 cm³/mol. The van der Waals surface area contributed by atoms with Crippen molar-refractivity contribution in [2.75, 3.05) is 26.2 Å². The summed E-state index contributed by atoms with van der Waals surface area (Å²) < 4.78 is 12.5. The van der Waals surface area contributed by atoms with Crippen LogP contribution in [0.5, 0.6) is 23.0 Å². The van der Waals surface area contributed by atoms with E-state index in [2.05, 4.69) is 28.9 Å². The van der Waals surface area contributed by atoms with Crippen LogP contribution in [0.3, 0.4) is 0 Å². The molecule has 0 spiro atoms. The molecule has 4 rings (SSSR count). The van der Waals surface area contributed by atoms with Gasteiger partial charge in [0.1, 0.15) is 11.5 Å². The summed E-state index contributed by atoms with van der Waals surface area (Å²) in [6, 6.07) is 26.4. The lowest BCUT2D eigenvalue weighted by Gasteiger charge is -2.35. The second kappa shape index (κ2) is 13.9. The van der Waals surface area contributed by atoms with Crippen molar-refractivity contribution in [2.45, 2.75) is 18.9 Å². The smallest absolute Gasteiger partial charge is 0.170 e. The molecular weight excluding hydrogens is 455 g/mol. The molecule has 176 valence electrons. The molecule has 3 aromatic carbocycles. The van der Waals surface area contributed by atoms with Crippen molar-refractivity contribution in [3.63, 3.8) is 0 Å². The van der Waals surface area contributed by atoms with Crippen molar-refractivity contribution in [1.29, 1.82) is 0 Å². The van der Waals surface area contributed by atoms with E-state index >= 15 is 0 Å². The van der Waals surface area contributed by atoms with E-state index in [0.717, 1.165) is 56.3 Å². The van der Waals surface area contributed by atoms with Gasteiger partial charge in [-0.1, -0.05) is 48.5 Å². The molecule has 33 heavy (non-hydrogen) atoms. The molecule has 1 saturated heterocycles. The Hall–Kier alpha value is -2.50. The first kappa shape index (κ1) is 26.7. The van der Waals surface area contributed by atoms with Crippen LogP contribution in [0.4, 0.5) is 0 Å². The highest BCUT2D eigenvalue weighted by molar-refractivity contribution is 5.85. The van der Waals surface area contributed by atoms with Crippen molar-refractivity contribution >= 4 is 24.8 Å². The topological polar surface area (TPSA) is 33.7 Å². The SMILES string of the molecule is C=CCC[C@H](c1ccc(Oc2ccccc2)c(Oc2ccccc2)c1)N1CCNCC1.Cl.Cl. The van der Waals surface area contributed by atoms with E-state index in [1.807, 2.05) is 72.8 Å².